The molecule has 1 aromatic carbocycles. The summed E-state index contributed by atoms with van der Waals surface area (Å²) in [5.41, 5.74) is 0.804. The molecule has 2 saturated heterocycles. The molecule has 1 N–H and O–H groups in total. The van der Waals surface area contributed by atoms with E-state index in [4.69, 9.17) is 23.7 Å². The molecule has 2 fully saturated rings. The van der Waals surface area contributed by atoms with Crippen LogP contribution < -0.4 is 14.2 Å². The highest BCUT2D eigenvalue weighted by Crippen LogP contribution is 2.43. The summed E-state index contributed by atoms with van der Waals surface area (Å²) in [6.07, 6.45) is 2.56. The number of rotatable bonds is 3. The van der Waals surface area contributed by atoms with E-state index in [1.807, 2.05) is 16.8 Å². The number of imidazole rings is 1. The summed E-state index contributed by atoms with van der Waals surface area (Å²) < 4.78 is 29.9. The Morgan fingerprint density at radius 3 is 2.80 bits per heavy atom. The third-order valence-corrected chi connectivity index (χ3v) is 4.96. The van der Waals surface area contributed by atoms with E-state index in [0.29, 0.717) is 30.5 Å². The van der Waals surface area contributed by atoms with Gasteiger partial charge in [-0.25, -0.2) is 4.98 Å². The van der Waals surface area contributed by atoms with Crippen LogP contribution in [0.3, 0.4) is 0 Å². The van der Waals surface area contributed by atoms with Crippen molar-refractivity contribution in [3.63, 3.8) is 0 Å². The Labute approximate surface area is 143 Å². The molecule has 25 heavy (non-hydrogen) atoms. The predicted molar refractivity (Wildman–Crippen MR) is 84.9 cm³/mol. The van der Waals surface area contributed by atoms with Gasteiger partial charge in [0.1, 0.15) is 29.9 Å². The first kappa shape index (κ1) is 15.0. The van der Waals surface area contributed by atoms with E-state index in [9.17, 15) is 5.11 Å². The van der Waals surface area contributed by atoms with Gasteiger partial charge >= 0.3 is 0 Å². The molecule has 8 heteroatoms. The molecule has 3 aliphatic heterocycles. The number of fused-ring (bicyclic) bond motifs is 2. The van der Waals surface area contributed by atoms with Gasteiger partial charge in [0.15, 0.2) is 11.5 Å². The number of methoxy groups -OCH3 is 1. The largest absolute Gasteiger partial charge is 0.496 e. The predicted octanol–water partition coefficient (Wildman–Crippen LogP) is 0.987. The Hall–Kier alpha value is -2.29. The van der Waals surface area contributed by atoms with E-state index in [1.165, 1.54) is 0 Å². The fourth-order valence-corrected chi connectivity index (χ4v) is 3.75. The van der Waals surface area contributed by atoms with Crippen molar-refractivity contribution in [1.82, 2.24) is 9.55 Å². The maximum atomic E-state index is 9.96. The van der Waals surface area contributed by atoms with E-state index >= 15 is 0 Å². The minimum Gasteiger partial charge on any atom is -0.496 e. The zero-order valence-corrected chi connectivity index (χ0v) is 13.6. The molecule has 0 spiro atoms. The number of aromatic nitrogens is 2. The van der Waals surface area contributed by atoms with Gasteiger partial charge in [-0.05, 0) is 6.07 Å². The quantitative estimate of drug-likeness (QED) is 0.887. The van der Waals surface area contributed by atoms with Crippen molar-refractivity contribution in [3.8, 4) is 28.6 Å². The first-order valence-corrected chi connectivity index (χ1v) is 8.18. The fourth-order valence-electron chi connectivity index (χ4n) is 3.75. The van der Waals surface area contributed by atoms with Crippen LogP contribution in [0.2, 0.25) is 0 Å². The number of aliphatic hydroxyl groups excluding tert-OH is 1. The molecular formula is C17H18N2O6. The van der Waals surface area contributed by atoms with Crippen LogP contribution in [0.25, 0.3) is 11.4 Å². The topological polar surface area (TPSA) is 84.2 Å². The fraction of sp³-hybridized carbons (Fsp3) is 0.471. The van der Waals surface area contributed by atoms with E-state index in [2.05, 4.69) is 4.98 Å². The van der Waals surface area contributed by atoms with E-state index in [-0.39, 0.29) is 25.0 Å². The van der Waals surface area contributed by atoms with Gasteiger partial charge in [-0.2, -0.15) is 0 Å². The average Bonchev–Trinajstić information content (AvgIpc) is 3.39. The summed E-state index contributed by atoms with van der Waals surface area (Å²) in [6, 6.07) is 3.62. The van der Waals surface area contributed by atoms with Crippen LogP contribution in [-0.4, -0.2) is 60.1 Å². The molecule has 4 atom stereocenters. The van der Waals surface area contributed by atoms with Gasteiger partial charge < -0.3 is 33.4 Å². The summed E-state index contributed by atoms with van der Waals surface area (Å²) in [5.74, 6) is 2.71. The highest BCUT2D eigenvalue weighted by molar-refractivity contribution is 5.70. The molecule has 1 aromatic heterocycles. The molecule has 0 bridgehead atoms. The number of benzene rings is 1. The SMILES string of the molecule is COc1cc2c(cc1-c1nccn1[C@H]1CO[C@H]3[C@@H]1OC[C@H]3O)OCO2. The van der Waals surface area contributed by atoms with Crippen LogP contribution in [0.1, 0.15) is 6.04 Å². The Bertz CT molecular complexity index is 806. The summed E-state index contributed by atoms with van der Waals surface area (Å²) in [5, 5.41) is 9.96. The van der Waals surface area contributed by atoms with Gasteiger partial charge in [0.2, 0.25) is 6.79 Å². The minimum atomic E-state index is -0.581. The highest BCUT2D eigenvalue weighted by Gasteiger charge is 2.48. The Balaban J connectivity index is 1.56. The first-order valence-electron chi connectivity index (χ1n) is 8.18. The van der Waals surface area contributed by atoms with Crippen LogP contribution in [0, 0.1) is 0 Å². The van der Waals surface area contributed by atoms with Gasteiger partial charge in [0.05, 0.1) is 31.9 Å². The standard InChI is InChI=1S/C17H18N2O6/c1-21-12-5-14-13(24-8-25-14)4-9(12)17-18-2-3-19(17)10-6-22-16-11(20)7-23-15(10)16/h2-5,10-11,15-16,20H,6-8H2,1H3/t10-,11+,15+,16+/m0/s1. The second-order valence-corrected chi connectivity index (χ2v) is 6.29. The zero-order valence-electron chi connectivity index (χ0n) is 13.6. The molecule has 0 radical (unpaired) electrons. The lowest BCUT2D eigenvalue weighted by Crippen LogP contribution is -2.30. The maximum absolute atomic E-state index is 9.96. The van der Waals surface area contributed by atoms with Gasteiger partial charge in [-0.1, -0.05) is 0 Å². The Morgan fingerprint density at radius 1 is 1.16 bits per heavy atom. The van der Waals surface area contributed by atoms with Crippen LogP contribution in [0.15, 0.2) is 24.5 Å². The maximum Gasteiger partial charge on any atom is 0.231 e. The smallest absolute Gasteiger partial charge is 0.231 e. The highest BCUT2D eigenvalue weighted by atomic mass is 16.7. The number of hydrogen-bond donors (Lipinski definition) is 1. The molecule has 2 aromatic rings. The van der Waals surface area contributed by atoms with E-state index in [1.54, 1.807) is 19.4 Å². The van der Waals surface area contributed by atoms with Crippen molar-refractivity contribution in [2.24, 2.45) is 0 Å². The van der Waals surface area contributed by atoms with Crippen molar-refractivity contribution < 1.29 is 28.8 Å². The third kappa shape index (κ3) is 2.21. The van der Waals surface area contributed by atoms with Crippen LogP contribution in [0.5, 0.6) is 17.2 Å². The molecule has 0 amide bonds. The van der Waals surface area contributed by atoms with Crippen molar-refractivity contribution >= 4 is 0 Å². The second kappa shape index (κ2) is 5.62. The summed E-state index contributed by atoms with van der Waals surface area (Å²) in [4.78, 5) is 4.51. The Morgan fingerprint density at radius 2 is 1.96 bits per heavy atom. The summed E-state index contributed by atoms with van der Waals surface area (Å²) in [7, 11) is 1.61. The number of ether oxygens (including phenoxy) is 5. The van der Waals surface area contributed by atoms with Crippen LogP contribution >= 0.6 is 0 Å². The third-order valence-electron chi connectivity index (χ3n) is 4.96. The first-order chi connectivity index (χ1) is 12.3. The molecule has 0 unspecified atom stereocenters. The number of nitrogens with zero attached hydrogens (tertiary/aromatic N) is 2. The minimum absolute atomic E-state index is 0.0604. The lowest BCUT2D eigenvalue weighted by atomic mass is 10.1. The van der Waals surface area contributed by atoms with Crippen molar-refractivity contribution in [3.05, 3.63) is 24.5 Å². The van der Waals surface area contributed by atoms with Gasteiger partial charge in [-0.15, -0.1) is 0 Å². The molecular weight excluding hydrogens is 328 g/mol. The van der Waals surface area contributed by atoms with Gasteiger partial charge in [-0.3, -0.25) is 0 Å². The average molecular weight is 346 g/mol. The number of hydrogen-bond acceptors (Lipinski definition) is 7. The monoisotopic (exact) mass is 346 g/mol. The normalized spacial score (nSPS) is 29.8. The van der Waals surface area contributed by atoms with Crippen molar-refractivity contribution in [1.29, 1.82) is 0 Å². The lowest BCUT2D eigenvalue weighted by molar-refractivity contribution is 0.0172. The summed E-state index contributed by atoms with van der Waals surface area (Å²) in [6.45, 7) is 0.953. The van der Waals surface area contributed by atoms with Crippen molar-refractivity contribution in [2.45, 2.75) is 24.4 Å². The molecule has 8 nitrogen and oxygen atoms in total. The van der Waals surface area contributed by atoms with Gasteiger partial charge in [0.25, 0.3) is 0 Å². The molecule has 0 saturated carbocycles. The molecule has 132 valence electrons. The zero-order chi connectivity index (χ0) is 17.0. The van der Waals surface area contributed by atoms with Gasteiger partial charge in [0, 0.05) is 18.5 Å². The molecule has 5 rings (SSSR count). The summed E-state index contributed by atoms with van der Waals surface area (Å²) >= 11 is 0. The second-order valence-electron chi connectivity index (χ2n) is 6.29. The molecule has 0 aliphatic carbocycles. The van der Waals surface area contributed by atoms with E-state index in [0.717, 1.165) is 11.4 Å². The number of aliphatic hydroxyl groups is 1. The molecule has 3 aliphatic rings. The molecule has 4 heterocycles. The van der Waals surface area contributed by atoms with Crippen LogP contribution in [-0.2, 0) is 9.47 Å². The van der Waals surface area contributed by atoms with Crippen molar-refractivity contribution in [2.75, 3.05) is 27.1 Å². The van der Waals surface area contributed by atoms with E-state index < -0.39 is 6.10 Å². The lowest BCUT2D eigenvalue weighted by Gasteiger charge is -2.20. The Kier molecular flexibility index (Phi) is 3.37. The van der Waals surface area contributed by atoms with Crippen LogP contribution in [0.4, 0.5) is 0 Å².